The van der Waals surface area contributed by atoms with Gasteiger partial charge in [-0.05, 0) is 12.8 Å². The standard InChI is InChI=1S/C11H12F9IO/c12-7(5-6(21)3-1-2-4-22)8(13,14)10(17,18)11(19,20)9(7,15)16/h6,22H,1-5H2. The number of halogens is 10. The van der Waals surface area contributed by atoms with Crippen molar-refractivity contribution in [3.8, 4) is 0 Å². The highest BCUT2D eigenvalue weighted by Gasteiger charge is 3.00. The van der Waals surface area contributed by atoms with Crippen LogP contribution in [0.2, 0.25) is 0 Å². The van der Waals surface area contributed by atoms with Gasteiger partial charge in [0.05, 0.1) is 0 Å². The Morgan fingerprint density at radius 2 is 1.14 bits per heavy atom. The topological polar surface area (TPSA) is 20.2 Å². The summed E-state index contributed by atoms with van der Waals surface area (Å²) in [7, 11) is 0. The van der Waals surface area contributed by atoms with Crippen LogP contribution < -0.4 is 0 Å². The van der Waals surface area contributed by atoms with Crippen LogP contribution in [0.1, 0.15) is 25.7 Å². The van der Waals surface area contributed by atoms with E-state index in [1.165, 1.54) is 22.6 Å². The summed E-state index contributed by atoms with van der Waals surface area (Å²) in [5.74, 6) is -25.4. The largest absolute Gasteiger partial charge is 0.396 e. The number of hydrogen-bond acceptors (Lipinski definition) is 1. The van der Waals surface area contributed by atoms with Gasteiger partial charge in [-0.15, -0.1) is 0 Å². The third-order valence-electron chi connectivity index (χ3n) is 3.61. The zero-order valence-electron chi connectivity index (χ0n) is 10.8. The Morgan fingerprint density at radius 1 is 0.727 bits per heavy atom. The molecule has 1 aliphatic carbocycles. The first-order valence-corrected chi connectivity index (χ1v) is 7.40. The van der Waals surface area contributed by atoms with Gasteiger partial charge in [0, 0.05) is 17.0 Å². The summed E-state index contributed by atoms with van der Waals surface area (Å²) in [4.78, 5) is 0. The Bertz CT molecular complexity index is 386. The van der Waals surface area contributed by atoms with Crippen molar-refractivity contribution in [2.24, 2.45) is 0 Å². The lowest BCUT2D eigenvalue weighted by Gasteiger charge is -2.32. The number of hydrogen-bond donors (Lipinski definition) is 1. The van der Waals surface area contributed by atoms with Crippen molar-refractivity contribution in [1.29, 1.82) is 0 Å². The highest BCUT2D eigenvalue weighted by molar-refractivity contribution is 14.1. The smallest absolute Gasteiger partial charge is 0.381 e. The maximum Gasteiger partial charge on any atom is 0.381 e. The van der Waals surface area contributed by atoms with Gasteiger partial charge in [-0.3, -0.25) is 0 Å². The van der Waals surface area contributed by atoms with Crippen molar-refractivity contribution in [2.45, 2.75) is 59.0 Å². The van der Waals surface area contributed by atoms with Crippen LogP contribution in [0.3, 0.4) is 0 Å². The molecule has 0 spiro atoms. The minimum Gasteiger partial charge on any atom is -0.396 e. The summed E-state index contributed by atoms with van der Waals surface area (Å²) in [6.45, 7) is -0.299. The lowest BCUT2D eigenvalue weighted by Crippen LogP contribution is -2.55. The summed E-state index contributed by atoms with van der Waals surface area (Å²) < 4.78 is 118. The van der Waals surface area contributed by atoms with E-state index in [-0.39, 0.29) is 25.9 Å². The lowest BCUT2D eigenvalue weighted by molar-refractivity contribution is -0.303. The highest BCUT2D eigenvalue weighted by atomic mass is 127. The molecule has 0 saturated heterocycles. The van der Waals surface area contributed by atoms with E-state index in [0.717, 1.165) is 0 Å². The molecule has 1 nitrogen and oxygen atoms in total. The van der Waals surface area contributed by atoms with E-state index in [0.29, 0.717) is 0 Å². The molecule has 0 aromatic carbocycles. The molecule has 1 rings (SSSR count). The van der Waals surface area contributed by atoms with Crippen LogP contribution in [0.25, 0.3) is 0 Å². The van der Waals surface area contributed by atoms with Gasteiger partial charge in [0.15, 0.2) is 0 Å². The molecule has 132 valence electrons. The molecule has 0 radical (unpaired) electrons. The molecule has 1 N–H and O–H groups in total. The van der Waals surface area contributed by atoms with Crippen LogP contribution in [0.15, 0.2) is 0 Å². The van der Waals surface area contributed by atoms with E-state index in [1.54, 1.807) is 0 Å². The molecule has 1 atom stereocenters. The number of rotatable bonds is 6. The van der Waals surface area contributed by atoms with Gasteiger partial charge in [0.1, 0.15) is 0 Å². The van der Waals surface area contributed by atoms with Crippen molar-refractivity contribution < 1.29 is 44.6 Å². The maximum atomic E-state index is 14.1. The molecule has 1 unspecified atom stereocenters. The summed E-state index contributed by atoms with van der Waals surface area (Å²) in [6, 6.07) is 0. The monoisotopic (exact) mass is 458 g/mol. The fraction of sp³-hybridized carbons (Fsp3) is 1.00. The van der Waals surface area contributed by atoms with Gasteiger partial charge in [-0.2, -0.15) is 35.1 Å². The number of aliphatic hydroxyl groups excluding tert-OH is 1. The maximum absolute atomic E-state index is 14.1. The van der Waals surface area contributed by atoms with Gasteiger partial charge < -0.3 is 5.11 Å². The van der Waals surface area contributed by atoms with Crippen LogP contribution in [0, 0.1) is 0 Å². The Kier molecular flexibility index (Phi) is 5.35. The molecule has 0 heterocycles. The quantitative estimate of drug-likeness (QED) is 0.267. The molecular formula is C11H12F9IO. The minimum absolute atomic E-state index is 0.115. The van der Waals surface area contributed by atoms with E-state index >= 15 is 0 Å². The summed E-state index contributed by atoms with van der Waals surface area (Å²) in [6.07, 6.45) is -1.76. The zero-order valence-corrected chi connectivity index (χ0v) is 13.0. The average molecular weight is 458 g/mol. The first-order valence-electron chi connectivity index (χ1n) is 6.16. The third-order valence-corrected chi connectivity index (χ3v) is 4.67. The fourth-order valence-corrected chi connectivity index (χ4v) is 3.28. The SMILES string of the molecule is OCCCCC(I)CC1(F)C(F)(F)C(F)(F)C(F)(F)C1(F)F. The zero-order chi connectivity index (χ0) is 17.6. The van der Waals surface area contributed by atoms with Crippen molar-refractivity contribution in [3.63, 3.8) is 0 Å². The van der Waals surface area contributed by atoms with E-state index in [1.807, 2.05) is 0 Å². The van der Waals surface area contributed by atoms with Crippen LogP contribution in [-0.4, -0.2) is 45.0 Å². The van der Waals surface area contributed by atoms with Gasteiger partial charge in [0.25, 0.3) is 5.67 Å². The van der Waals surface area contributed by atoms with E-state index < -0.39 is 39.7 Å². The number of unbranched alkanes of at least 4 members (excludes halogenated alkanes) is 1. The molecule has 0 aliphatic heterocycles. The summed E-state index contributed by atoms with van der Waals surface area (Å²) in [5, 5.41) is 8.50. The van der Waals surface area contributed by atoms with Gasteiger partial charge >= 0.3 is 23.7 Å². The summed E-state index contributed by atoms with van der Waals surface area (Å²) >= 11 is 1.26. The van der Waals surface area contributed by atoms with E-state index in [9.17, 15) is 39.5 Å². The molecule has 0 aromatic rings. The Morgan fingerprint density at radius 3 is 1.50 bits per heavy atom. The molecule has 0 bridgehead atoms. The first-order chi connectivity index (χ1) is 9.70. The van der Waals surface area contributed by atoms with E-state index in [2.05, 4.69) is 0 Å². The Hall–Kier alpha value is 0.0600. The summed E-state index contributed by atoms with van der Waals surface area (Å²) in [5.41, 5.74) is -5.36. The lowest BCUT2D eigenvalue weighted by atomic mass is 9.90. The van der Waals surface area contributed by atoms with Gasteiger partial charge in [-0.25, -0.2) is 4.39 Å². The van der Waals surface area contributed by atoms with Gasteiger partial charge in [0.2, 0.25) is 0 Å². The van der Waals surface area contributed by atoms with Crippen LogP contribution >= 0.6 is 22.6 Å². The minimum atomic E-state index is -6.50. The molecular weight excluding hydrogens is 446 g/mol. The third kappa shape index (κ3) is 2.40. The normalized spacial score (nSPS) is 28.5. The number of alkyl halides is 10. The second-order valence-corrected chi connectivity index (χ2v) is 6.88. The average Bonchev–Trinajstić information content (AvgIpc) is 2.41. The van der Waals surface area contributed by atoms with Crippen molar-refractivity contribution >= 4 is 22.6 Å². The van der Waals surface area contributed by atoms with Gasteiger partial charge in [-0.1, -0.05) is 29.0 Å². The van der Waals surface area contributed by atoms with Crippen LogP contribution in [-0.2, 0) is 0 Å². The first kappa shape index (κ1) is 20.1. The van der Waals surface area contributed by atoms with Crippen molar-refractivity contribution in [3.05, 3.63) is 0 Å². The molecule has 0 amide bonds. The number of aliphatic hydroxyl groups is 1. The highest BCUT2D eigenvalue weighted by Crippen LogP contribution is 2.70. The molecule has 22 heavy (non-hydrogen) atoms. The second-order valence-electron chi connectivity index (χ2n) is 5.12. The second kappa shape index (κ2) is 5.85. The Balaban J connectivity index is 3.14. The molecule has 1 aliphatic rings. The Labute approximate surface area is 133 Å². The molecule has 1 fully saturated rings. The fourth-order valence-electron chi connectivity index (χ4n) is 2.23. The molecule has 1 saturated carbocycles. The van der Waals surface area contributed by atoms with Crippen LogP contribution in [0.4, 0.5) is 39.5 Å². The predicted octanol–water partition coefficient (Wildman–Crippen LogP) is 4.61. The van der Waals surface area contributed by atoms with Crippen molar-refractivity contribution in [1.82, 2.24) is 0 Å². The predicted molar refractivity (Wildman–Crippen MR) is 67.0 cm³/mol. The van der Waals surface area contributed by atoms with Crippen LogP contribution in [0.5, 0.6) is 0 Å². The van der Waals surface area contributed by atoms with Crippen molar-refractivity contribution in [2.75, 3.05) is 6.61 Å². The van der Waals surface area contributed by atoms with E-state index in [4.69, 9.17) is 5.11 Å². The molecule has 11 heteroatoms. The molecule has 0 aromatic heterocycles.